The van der Waals surface area contributed by atoms with Gasteiger partial charge in [0.2, 0.25) is 0 Å². The van der Waals surface area contributed by atoms with Crippen molar-refractivity contribution in [3.05, 3.63) is 59.9 Å². The molecular formula is C20H25N3O2. The molecule has 0 aliphatic rings. The molecule has 1 heterocycles. The smallest absolute Gasteiger partial charge is 0.123 e. The molecule has 1 aromatic heterocycles. The lowest BCUT2D eigenvalue weighted by Gasteiger charge is -2.14. The molecule has 0 fully saturated rings. The molecule has 0 saturated carbocycles. The highest BCUT2D eigenvalue weighted by molar-refractivity contribution is 5.75. The second-order valence-electron chi connectivity index (χ2n) is 6.09. The van der Waals surface area contributed by atoms with Crippen molar-refractivity contribution in [1.29, 1.82) is 0 Å². The van der Waals surface area contributed by atoms with E-state index in [1.807, 2.05) is 42.5 Å². The molecule has 0 amide bonds. The van der Waals surface area contributed by atoms with Crippen LogP contribution in [-0.4, -0.2) is 28.3 Å². The number of imidazole rings is 1. The van der Waals surface area contributed by atoms with E-state index in [4.69, 9.17) is 9.72 Å². The number of methoxy groups -OCH3 is 1. The van der Waals surface area contributed by atoms with Gasteiger partial charge in [-0.3, -0.25) is 0 Å². The number of aliphatic hydroxyl groups is 1. The summed E-state index contributed by atoms with van der Waals surface area (Å²) in [4.78, 5) is 4.73. The molecule has 0 aliphatic heterocycles. The topological polar surface area (TPSA) is 59.3 Å². The summed E-state index contributed by atoms with van der Waals surface area (Å²) < 4.78 is 7.46. The average Bonchev–Trinajstić information content (AvgIpc) is 3.00. The Morgan fingerprint density at radius 2 is 2.04 bits per heavy atom. The predicted octanol–water partition coefficient (Wildman–Crippen LogP) is 3.28. The second kappa shape index (κ2) is 8.14. The summed E-state index contributed by atoms with van der Waals surface area (Å²) in [6.07, 6.45) is 0.471. The van der Waals surface area contributed by atoms with Gasteiger partial charge in [0.1, 0.15) is 11.6 Å². The fourth-order valence-corrected chi connectivity index (χ4v) is 3.02. The second-order valence-corrected chi connectivity index (χ2v) is 6.09. The van der Waals surface area contributed by atoms with Gasteiger partial charge in [-0.25, -0.2) is 4.98 Å². The average molecular weight is 339 g/mol. The van der Waals surface area contributed by atoms with Gasteiger partial charge in [0, 0.05) is 13.1 Å². The van der Waals surface area contributed by atoms with Crippen LogP contribution in [0.1, 0.15) is 30.8 Å². The van der Waals surface area contributed by atoms with Crippen molar-refractivity contribution in [2.45, 2.75) is 32.5 Å². The van der Waals surface area contributed by atoms with Gasteiger partial charge < -0.3 is 19.7 Å². The Balaban J connectivity index is 1.67. The summed E-state index contributed by atoms with van der Waals surface area (Å²) in [6, 6.07) is 15.7. The van der Waals surface area contributed by atoms with E-state index in [1.165, 1.54) is 0 Å². The molecule has 0 radical (unpaired) electrons. The Hall–Kier alpha value is -2.37. The maximum atomic E-state index is 10.4. The molecule has 25 heavy (non-hydrogen) atoms. The van der Waals surface area contributed by atoms with Crippen LogP contribution < -0.4 is 10.1 Å². The van der Waals surface area contributed by atoms with Gasteiger partial charge >= 0.3 is 0 Å². The van der Waals surface area contributed by atoms with Crippen LogP contribution in [0.5, 0.6) is 5.75 Å². The van der Waals surface area contributed by atoms with Crippen molar-refractivity contribution in [2.75, 3.05) is 13.7 Å². The number of aryl methyl sites for hydroxylation is 1. The Morgan fingerprint density at radius 1 is 1.20 bits per heavy atom. The maximum Gasteiger partial charge on any atom is 0.123 e. The van der Waals surface area contributed by atoms with Crippen molar-refractivity contribution in [2.24, 2.45) is 0 Å². The zero-order valence-corrected chi connectivity index (χ0v) is 14.8. The SMILES string of the molecule is CCCn1c(CNCC(O)c2cccc(OC)c2)nc2ccccc21. The maximum absolute atomic E-state index is 10.4. The first-order chi connectivity index (χ1) is 12.2. The van der Waals surface area contributed by atoms with Crippen LogP contribution >= 0.6 is 0 Å². The number of para-hydroxylation sites is 2. The summed E-state index contributed by atoms with van der Waals surface area (Å²) in [5.41, 5.74) is 3.02. The number of nitrogens with one attached hydrogen (secondary N) is 1. The van der Waals surface area contributed by atoms with Crippen LogP contribution in [0, 0.1) is 0 Å². The molecule has 3 aromatic rings. The standard InChI is InChI=1S/C20H25N3O2/c1-3-11-23-18-10-5-4-9-17(18)22-20(23)14-21-13-19(24)15-7-6-8-16(12-15)25-2/h4-10,12,19,21,24H,3,11,13-14H2,1-2H3. The van der Waals surface area contributed by atoms with E-state index < -0.39 is 6.10 Å². The van der Waals surface area contributed by atoms with E-state index in [0.717, 1.165) is 41.1 Å². The summed E-state index contributed by atoms with van der Waals surface area (Å²) in [5.74, 6) is 1.75. The largest absolute Gasteiger partial charge is 0.497 e. The van der Waals surface area contributed by atoms with Crippen molar-refractivity contribution in [3.8, 4) is 5.75 Å². The van der Waals surface area contributed by atoms with Crippen LogP contribution in [0.25, 0.3) is 11.0 Å². The summed E-state index contributed by atoms with van der Waals surface area (Å²) in [6.45, 7) is 4.19. The monoisotopic (exact) mass is 339 g/mol. The summed E-state index contributed by atoms with van der Waals surface area (Å²) in [7, 11) is 1.63. The number of nitrogens with zero attached hydrogens (tertiary/aromatic N) is 2. The first-order valence-corrected chi connectivity index (χ1v) is 8.69. The lowest BCUT2D eigenvalue weighted by Crippen LogP contribution is -2.23. The zero-order valence-electron chi connectivity index (χ0n) is 14.8. The third-order valence-corrected chi connectivity index (χ3v) is 4.28. The Kier molecular flexibility index (Phi) is 5.68. The Morgan fingerprint density at radius 3 is 2.84 bits per heavy atom. The number of fused-ring (bicyclic) bond motifs is 1. The highest BCUT2D eigenvalue weighted by Gasteiger charge is 2.12. The highest BCUT2D eigenvalue weighted by atomic mass is 16.5. The summed E-state index contributed by atoms with van der Waals surface area (Å²) >= 11 is 0. The molecule has 1 unspecified atom stereocenters. The van der Waals surface area contributed by atoms with Crippen LogP contribution in [0.4, 0.5) is 0 Å². The molecule has 0 bridgehead atoms. The van der Waals surface area contributed by atoms with Crippen LogP contribution in [0.15, 0.2) is 48.5 Å². The molecule has 5 nitrogen and oxygen atoms in total. The fraction of sp³-hybridized carbons (Fsp3) is 0.350. The van der Waals surface area contributed by atoms with Crippen LogP contribution in [-0.2, 0) is 13.1 Å². The molecule has 3 rings (SSSR count). The Bertz CT molecular complexity index is 829. The molecule has 2 N–H and O–H groups in total. The summed E-state index contributed by atoms with van der Waals surface area (Å²) in [5, 5.41) is 13.7. The molecular weight excluding hydrogens is 314 g/mol. The quantitative estimate of drug-likeness (QED) is 0.661. The first-order valence-electron chi connectivity index (χ1n) is 8.69. The molecule has 1 atom stereocenters. The molecule has 0 spiro atoms. The minimum Gasteiger partial charge on any atom is -0.497 e. The van der Waals surface area contributed by atoms with Gasteiger partial charge in [-0.15, -0.1) is 0 Å². The lowest BCUT2D eigenvalue weighted by molar-refractivity contribution is 0.173. The van der Waals surface area contributed by atoms with Gasteiger partial charge in [0.05, 0.1) is 30.8 Å². The minimum absolute atomic E-state index is 0.461. The van der Waals surface area contributed by atoms with E-state index in [1.54, 1.807) is 7.11 Å². The number of aromatic nitrogens is 2. The van der Waals surface area contributed by atoms with Gasteiger partial charge in [0.25, 0.3) is 0 Å². The van der Waals surface area contributed by atoms with E-state index in [0.29, 0.717) is 13.1 Å². The lowest BCUT2D eigenvalue weighted by atomic mass is 10.1. The van der Waals surface area contributed by atoms with E-state index in [2.05, 4.69) is 22.9 Å². The van der Waals surface area contributed by atoms with Crippen LogP contribution in [0.3, 0.4) is 0 Å². The molecule has 5 heteroatoms. The zero-order chi connectivity index (χ0) is 17.6. The van der Waals surface area contributed by atoms with Crippen molar-refractivity contribution < 1.29 is 9.84 Å². The molecule has 0 aliphatic carbocycles. The first kappa shape index (κ1) is 17.5. The van der Waals surface area contributed by atoms with Gasteiger partial charge in [-0.05, 0) is 36.2 Å². The number of ether oxygens (including phenoxy) is 1. The van der Waals surface area contributed by atoms with Crippen molar-refractivity contribution in [1.82, 2.24) is 14.9 Å². The number of benzene rings is 2. The van der Waals surface area contributed by atoms with Crippen LogP contribution in [0.2, 0.25) is 0 Å². The van der Waals surface area contributed by atoms with Gasteiger partial charge in [-0.1, -0.05) is 31.2 Å². The Labute approximate surface area is 148 Å². The molecule has 132 valence electrons. The highest BCUT2D eigenvalue weighted by Crippen LogP contribution is 2.19. The third-order valence-electron chi connectivity index (χ3n) is 4.28. The van der Waals surface area contributed by atoms with E-state index in [-0.39, 0.29) is 0 Å². The molecule has 0 saturated heterocycles. The number of hydrogen-bond acceptors (Lipinski definition) is 4. The fourth-order valence-electron chi connectivity index (χ4n) is 3.02. The van der Waals surface area contributed by atoms with E-state index >= 15 is 0 Å². The normalized spacial score (nSPS) is 12.4. The number of hydrogen-bond donors (Lipinski definition) is 2. The van der Waals surface area contributed by atoms with Crippen molar-refractivity contribution in [3.63, 3.8) is 0 Å². The molecule has 2 aromatic carbocycles. The van der Waals surface area contributed by atoms with E-state index in [9.17, 15) is 5.11 Å². The van der Waals surface area contributed by atoms with Crippen molar-refractivity contribution >= 4 is 11.0 Å². The number of rotatable bonds is 8. The minimum atomic E-state index is -0.584. The third kappa shape index (κ3) is 4.00. The van der Waals surface area contributed by atoms with Gasteiger partial charge in [-0.2, -0.15) is 0 Å². The number of aliphatic hydroxyl groups excluding tert-OH is 1. The van der Waals surface area contributed by atoms with Gasteiger partial charge in [0.15, 0.2) is 0 Å². The predicted molar refractivity (Wildman–Crippen MR) is 99.7 cm³/mol.